The molecule has 0 heterocycles. The van der Waals surface area contributed by atoms with E-state index < -0.39 is 0 Å². The van der Waals surface area contributed by atoms with Crippen molar-refractivity contribution >= 4 is 17.7 Å². The van der Waals surface area contributed by atoms with E-state index in [4.69, 9.17) is 4.74 Å². The molecule has 3 aromatic carbocycles. The normalized spacial score (nSPS) is 10.2. The highest BCUT2D eigenvalue weighted by Crippen LogP contribution is 2.18. The Kier molecular flexibility index (Phi) is 6.41. The predicted molar refractivity (Wildman–Crippen MR) is 109 cm³/mol. The van der Waals surface area contributed by atoms with Crippen LogP contribution in [0.4, 0.5) is 10.5 Å². The predicted octanol–water partition coefficient (Wildman–Crippen LogP) is 4.39. The molecule has 0 unspecified atom stereocenters. The van der Waals surface area contributed by atoms with Crippen molar-refractivity contribution in [3.63, 3.8) is 0 Å². The standard InChI is InChI=1S/C23H22N2O3/c1-28-22(26)20-14-12-19(13-15-20)17-25(21-10-6-3-7-11-21)23(27)24-16-18-8-4-2-5-9-18/h2-15H,16-17H2,1H3,(H,24,27). The molecule has 3 aromatic rings. The minimum Gasteiger partial charge on any atom is -0.465 e. The minimum absolute atomic E-state index is 0.188. The van der Waals surface area contributed by atoms with Gasteiger partial charge in [0.2, 0.25) is 0 Å². The van der Waals surface area contributed by atoms with Crippen LogP contribution >= 0.6 is 0 Å². The van der Waals surface area contributed by atoms with Gasteiger partial charge in [0.05, 0.1) is 19.2 Å². The average molecular weight is 374 g/mol. The van der Waals surface area contributed by atoms with Crippen molar-refractivity contribution in [3.05, 3.63) is 102 Å². The number of benzene rings is 3. The number of ether oxygens (including phenoxy) is 1. The lowest BCUT2D eigenvalue weighted by Crippen LogP contribution is -2.39. The highest BCUT2D eigenvalue weighted by molar-refractivity contribution is 5.92. The van der Waals surface area contributed by atoms with Crippen molar-refractivity contribution in [2.24, 2.45) is 0 Å². The highest BCUT2D eigenvalue weighted by Gasteiger charge is 2.16. The van der Waals surface area contributed by atoms with Crippen molar-refractivity contribution < 1.29 is 14.3 Å². The van der Waals surface area contributed by atoms with E-state index in [0.29, 0.717) is 18.7 Å². The Morgan fingerprint density at radius 2 is 1.43 bits per heavy atom. The van der Waals surface area contributed by atoms with E-state index in [9.17, 15) is 9.59 Å². The Bertz CT molecular complexity index is 910. The number of nitrogens with zero attached hydrogens (tertiary/aromatic N) is 1. The van der Waals surface area contributed by atoms with E-state index in [1.54, 1.807) is 17.0 Å². The van der Waals surface area contributed by atoms with Crippen LogP contribution in [0, 0.1) is 0 Å². The molecule has 0 saturated heterocycles. The maximum atomic E-state index is 12.9. The van der Waals surface area contributed by atoms with Gasteiger partial charge in [-0.05, 0) is 35.4 Å². The zero-order valence-electron chi connectivity index (χ0n) is 15.7. The third kappa shape index (κ3) is 4.98. The van der Waals surface area contributed by atoms with Gasteiger partial charge in [-0.1, -0.05) is 60.7 Å². The van der Waals surface area contributed by atoms with Crippen molar-refractivity contribution in [1.29, 1.82) is 0 Å². The van der Waals surface area contributed by atoms with Crippen LogP contribution < -0.4 is 10.2 Å². The number of carbonyl (C=O) groups is 2. The number of hydrogen-bond donors (Lipinski definition) is 1. The second kappa shape index (κ2) is 9.37. The molecule has 2 amide bonds. The molecule has 0 fully saturated rings. The Labute approximate surface area is 164 Å². The van der Waals surface area contributed by atoms with Gasteiger partial charge in [-0.3, -0.25) is 4.90 Å². The van der Waals surface area contributed by atoms with Crippen LogP contribution in [0.1, 0.15) is 21.5 Å². The number of esters is 1. The lowest BCUT2D eigenvalue weighted by molar-refractivity contribution is 0.0600. The molecular weight excluding hydrogens is 352 g/mol. The lowest BCUT2D eigenvalue weighted by atomic mass is 10.1. The number of hydrogen-bond acceptors (Lipinski definition) is 3. The monoisotopic (exact) mass is 374 g/mol. The van der Waals surface area contributed by atoms with Crippen LogP contribution in [0.15, 0.2) is 84.9 Å². The summed E-state index contributed by atoms with van der Waals surface area (Å²) in [5.74, 6) is -0.382. The minimum atomic E-state index is -0.382. The van der Waals surface area contributed by atoms with Crippen LogP contribution in [0.3, 0.4) is 0 Å². The number of carbonyl (C=O) groups excluding carboxylic acids is 2. The quantitative estimate of drug-likeness (QED) is 0.651. The summed E-state index contributed by atoms with van der Waals surface area (Å²) < 4.78 is 4.73. The summed E-state index contributed by atoms with van der Waals surface area (Å²) in [6, 6.07) is 26.1. The number of urea groups is 1. The zero-order chi connectivity index (χ0) is 19.8. The van der Waals surface area contributed by atoms with Gasteiger partial charge in [-0.15, -0.1) is 0 Å². The van der Waals surface area contributed by atoms with Gasteiger partial charge < -0.3 is 10.1 Å². The molecule has 5 heteroatoms. The van der Waals surface area contributed by atoms with Crippen molar-refractivity contribution in [2.75, 3.05) is 12.0 Å². The summed E-state index contributed by atoms with van der Waals surface area (Å²) in [6.07, 6.45) is 0. The topological polar surface area (TPSA) is 58.6 Å². The molecule has 0 aliphatic carbocycles. The molecule has 0 bridgehead atoms. The first-order valence-electron chi connectivity index (χ1n) is 8.99. The molecule has 0 radical (unpaired) electrons. The molecule has 0 saturated carbocycles. The molecule has 5 nitrogen and oxygen atoms in total. The largest absolute Gasteiger partial charge is 0.465 e. The molecule has 0 spiro atoms. The molecule has 1 N–H and O–H groups in total. The fourth-order valence-electron chi connectivity index (χ4n) is 2.80. The average Bonchev–Trinajstić information content (AvgIpc) is 2.77. The van der Waals surface area contributed by atoms with E-state index in [1.807, 2.05) is 72.8 Å². The summed E-state index contributed by atoms with van der Waals surface area (Å²) in [5.41, 5.74) is 3.22. The Morgan fingerprint density at radius 1 is 0.821 bits per heavy atom. The van der Waals surface area contributed by atoms with Crippen molar-refractivity contribution in [1.82, 2.24) is 5.32 Å². The zero-order valence-corrected chi connectivity index (χ0v) is 15.7. The third-order valence-electron chi connectivity index (χ3n) is 4.32. The number of anilines is 1. The Balaban J connectivity index is 1.75. The second-order valence-electron chi connectivity index (χ2n) is 6.25. The van der Waals surface area contributed by atoms with E-state index >= 15 is 0 Å². The first kappa shape index (κ1) is 19.2. The van der Waals surface area contributed by atoms with Crippen molar-refractivity contribution in [2.45, 2.75) is 13.1 Å². The fraction of sp³-hybridized carbons (Fsp3) is 0.130. The molecule has 0 aliphatic heterocycles. The van der Waals surface area contributed by atoms with E-state index in [-0.39, 0.29) is 12.0 Å². The third-order valence-corrected chi connectivity index (χ3v) is 4.32. The number of amides is 2. The smallest absolute Gasteiger partial charge is 0.337 e. The second-order valence-corrected chi connectivity index (χ2v) is 6.25. The summed E-state index contributed by atoms with van der Waals surface area (Å²) in [4.78, 5) is 26.2. The van der Waals surface area contributed by atoms with Gasteiger partial charge in [0.1, 0.15) is 0 Å². The first-order valence-corrected chi connectivity index (χ1v) is 8.99. The Hall–Kier alpha value is -3.60. The molecular formula is C23H22N2O3. The molecule has 0 aromatic heterocycles. The van der Waals surface area contributed by atoms with E-state index in [0.717, 1.165) is 16.8 Å². The van der Waals surface area contributed by atoms with Gasteiger partial charge in [-0.25, -0.2) is 9.59 Å². The molecule has 0 atom stereocenters. The molecule has 28 heavy (non-hydrogen) atoms. The summed E-state index contributed by atoms with van der Waals surface area (Å²) in [6.45, 7) is 0.830. The fourth-order valence-corrected chi connectivity index (χ4v) is 2.80. The summed E-state index contributed by atoms with van der Waals surface area (Å²) in [5, 5.41) is 2.97. The number of para-hydroxylation sites is 1. The maximum absolute atomic E-state index is 12.9. The van der Waals surface area contributed by atoms with E-state index in [2.05, 4.69) is 5.32 Å². The lowest BCUT2D eigenvalue weighted by Gasteiger charge is -2.23. The SMILES string of the molecule is COC(=O)c1ccc(CN(C(=O)NCc2ccccc2)c2ccccc2)cc1. The van der Waals surface area contributed by atoms with Crippen LogP contribution in [0.2, 0.25) is 0 Å². The van der Waals surface area contributed by atoms with E-state index in [1.165, 1.54) is 7.11 Å². The van der Waals surface area contributed by atoms with Gasteiger partial charge >= 0.3 is 12.0 Å². The van der Waals surface area contributed by atoms with Gasteiger partial charge in [0, 0.05) is 12.2 Å². The van der Waals surface area contributed by atoms with Gasteiger partial charge in [0.15, 0.2) is 0 Å². The Morgan fingerprint density at radius 3 is 2.04 bits per heavy atom. The molecule has 0 aliphatic rings. The van der Waals surface area contributed by atoms with Gasteiger partial charge in [0.25, 0.3) is 0 Å². The highest BCUT2D eigenvalue weighted by atomic mass is 16.5. The number of nitrogens with one attached hydrogen (secondary N) is 1. The molecule has 3 rings (SSSR count). The van der Waals surface area contributed by atoms with Crippen LogP contribution in [0.25, 0.3) is 0 Å². The summed E-state index contributed by atoms with van der Waals surface area (Å²) >= 11 is 0. The van der Waals surface area contributed by atoms with Crippen LogP contribution in [-0.2, 0) is 17.8 Å². The van der Waals surface area contributed by atoms with Crippen LogP contribution in [-0.4, -0.2) is 19.1 Å². The maximum Gasteiger partial charge on any atom is 0.337 e. The number of rotatable bonds is 6. The van der Waals surface area contributed by atoms with Crippen molar-refractivity contribution in [3.8, 4) is 0 Å². The van der Waals surface area contributed by atoms with Crippen LogP contribution in [0.5, 0.6) is 0 Å². The summed E-state index contributed by atoms with van der Waals surface area (Å²) in [7, 11) is 1.35. The first-order chi connectivity index (χ1) is 13.7. The van der Waals surface area contributed by atoms with Gasteiger partial charge in [-0.2, -0.15) is 0 Å². The molecule has 142 valence electrons. The number of methoxy groups -OCH3 is 1.